The molecule has 18 heavy (non-hydrogen) atoms. The van der Waals surface area contributed by atoms with E-state index in [1.54, 1.807) is 0 Å². The van der Waals surface area contributed by atoms with Crippen LogP contribution < -0.4 is 5.32 Å². The Hall–Kier alpha value is -0.580. The van der Waals surface area contributed by atoms with Gasteiger partial charge >= 0.3 is 0 Å². The van der Waals surface area contributed by atoms with Gasteiger partial charge in [-0.3, -0.25) is 4.90 Å². The lowest BCUT2D eigenvalue weighted by Crippen LogP contribution is -2.45. The summed E-state index contributed by atoms with van der Waals surface area (Å²) in [5.41, 5.74) is 2.47. The monoisotopic (exact) mass is 311 g/mol. The molecule has 1 heterocycles. The van der Waals surface area contributed by atoms with E-state index in [0.717, 1.165) is 13.1 Å². The second-order valence-corrected chi connectivity index (χ2v) is 5.89. The van der Waals surface area contributed by atoms with Crippen LogP contribution in [0.25, 0.3) is 0 Å². The summed E-state index contributed by atoms with van der Waals surface area (Å²) in [5.74, 6) is 0. The van der Waals surface area contributed by atoms with Gasteiger partial charge in [-0.05, 0) is 31.7 Å². The quantitative estimate of drug-likeness (QED) is 0.921. The molecule has 0 bridgehead atoms. The first kappa shape index (κ1) is 13.8. The van der Waals surface area contributed by atoms with Gasteiger partial charge in [0.15, 0.2) is 0 Å². The molecule has 1 aromatic carbocycles. The molecule has 0 saturated carbocycles. The number of likely N-dealkylation sites (N-methyl/N-ethyl adjacent to an activating group) is 1. The maximum absolute atomic E-state index is 3.57. The van der Waals surface area contributed by atoms with Crippen molar-refractivity contribution in [1.82, 2.24) is 9.80 Å². The third-order valence-electron chi connectivity index (χ3n) is 3.52. The topological polar surface area (TPSA) is 18.5 Å². The van der Waals surface area contributed by atoms with Crippen molar-refractivity contribution in [2.24, 2.45) is 0 Å². The lowest BCUT2D eigenvalue weighted by atomic mass is 10.2. The average molecular weight is 312 g/mol. The fourth-order valence-corrected chi connectivity index (χ4v) is 2.51. The van der Waals surface area contributed by atoms with Crippen LogP contribution in [0, 0.1) is 6.92 Å². The molecular weight excluding hydrogens is 290 g/mol. The van der Waals surface area contributed by atoms with E-state index >= 15 is 0 Å². The summed E-state index contributed by atoms with van der Waals surface area (Å²) in [5, 5.41) is 3.49. The molecule has 1 aliphatic rings. The highest BCUT2D eigenvalue weighted by Gasteiger charge is 2.12. The largest absolute Gasteiger partial charge is 0.384 e. The van der Waals surface area contributed by atoms with Gasteiger partial charge in [-0.1, -0.05) is 22.0 Å². The van der Waals surface area contributed by atoms with Crippen molar-refractivity contribution in [3.05, 3.63) is 28.2 Å². The molecule has 0 aromatic heterocycles. The van der Waals surface area contributed by atoms with Gasteiger partial charge in [0, 0.05) is 49.4 Å². The van der Waals surface area contributed by atoms with Crippen LogP contribution in [0.1, 0.15) is 5.56 Å². The summed E-state index contributed by atoms with van der Waals surface area (Å²) in [6.07, 6.45) is 0. The summed E-state index contributed by atoms with van der Waals surface area (Å²) in [6.45, 7) is 9.01. The van der Waals surface area contributed by atoms with Crippen LogP contribution in [-0.2, 0) is 0 Å². The van der Waals surface area contributed by atoms with E-state index in [0.29, 0.717) is 0 Å². The first-order chi connectivity index (χ1) is 8.65. The standard InChI is InChI=1S/C14H22BrN3/c1-12-3-4-13(11-14(12)15)16-5-6-18-9-7-17(2)8-10-18/h3-4,11,16H,5-10H2,1-2H3. The van der Waals surface area contributed by atoms with Crippen LogP contribution in [0.3, 0.4) is 0 Å². The summed E-state index contributed by atoms with van der Waals surface area (Å²) < 4.78 is 1.17. The van der Waals surface area contributed by atoms with E-state index in [2.05, 4.69) is 63.2 Å². The number of hydrogen-bond acceptors (Lipinski definition) is 3. The molecule has 0 amide bonds. The number of anilines is 1. The predicted octanol–water partition coefficient (Wildman–Crippen LogP) is 2.42. The van der Waals surface area contributed by atoms with E-state index < -0.39 is 0 Å². The molecule has 3 nitrogen and oxygen atoms in total. The van der Waals surface area contributed by atoms with Crippen LogP contribution in [0.4, 0.5) is 5.69 Å². The summed E-state index contributed by atoms with van der Waals surface area (Å²) in [4.78, 5) is 4.91. The molecular formula is C14H22BrN3. The van der Waals surface area contributed by atoms with Crippen molar-refractivity contribution < 1.29 is 0 Å². The summed E-state index contributed by atoms with van der Waals surface area (Å²) >= 11 is 3.57. The van der Waals surface area contributed by atoms with Crippen LogP contribution in [0.2, 0.25) is 0 Å². The number of piperazine rings is 1. The number of nitrogens with zero attached hydrogens (tertiary/aromatic N) is 2. The minimum absolute atomic E-state index is 1.01. The molecule has 1 N–H and O–H groups in total. The Morgan fingerprint density at radius 1 is 1.22 bits per heavy atom. The molecule has 1 fully saturated rings. The highest BCUT2D eigenvalue weighted by Crippen LogP contribution is 2.20. The second kappa shape index (κ2) is 6.55. The molecule has 100 valence electrons. The molecule has 1 aliphatic heterocycles. The molecule has 0 unspecified atom stereocenters. The smallest absolute Gasteiger partial charge is 0.0352 e. The summed E-state index contributed by atoms with van der Waals surface area (Å²) in [7, 11) is 2.19. The van der Waals surface area contributed by atoms with Crippen molar-refractivity contribution in [2.45, 2.75) is 6.92 Å². The average Bonchev–Trinajstić information content (AvgIpc) is 2.36. The zero-order valence-electron chi connectivity index (χ0n) is 11.2. The van der Waals surface area contributed by atoms with Crippen molar-refractivity contribution >= 4 is 21.6 Å². The fraction of sp³-hybridized carbons (Fsp3) is 0.571. The minimum Gasteiger partial charge on any atom is -0.384 e. The second-order valence-electron chi connectivity index (χ2n) is 5.04. The first-order valence-electron chi connectivity index (χ1n) is 6.56. The Bertz CT molecular complexity index is 387. The van der Waals surface area contributed by atoms with Gasteiger partial charge in [-0.2, -0.15) is 0 Å². The number of benzene rings is 1. The molecule has 4 heteroatoms. The molecule has 1 aromatic rings. The van der Waals surface area contributed by atoms with E-state index in [9.17, 15) is 0 Å². The predicted molar refractivity (Wildman–Crippen MR) is 81.3 cm³/mol. The zero-order chi connectivity index (χ0) is 13.0. The van der Waals surface area contributed by atoms with Gasteiger partial charge in [-0.25, -0.2) is 0 Å². The molecule has 0 radical (unpaired) electrons. The first-order valence-corrected chi connectivity index (χ1v) is 7.35. The Morgan fingerprint density at radius 2 is 1.94 bits per heavy atom. The molecule has 2 rings (SSSR count). The van der Waals surface area contributed by atoms with Crippen molar-refractivity contribution in [3.63, 3.8) is 0 Å². The Kier molecular flexibility index (Phi) is 5.03. The fourth-order valence-electron chi connectivity index (χ4n) is 2.13. The Balaban J connectivity index is 1.73. The number of nitrogens with one attached hydrogen (secondary N) is 1. The van der Waals surface area contributed by atoms with E-state index in [-0.39, 0.29) is 0 Å². The maximum atomic E-state index is 3.57. The Labute approximate surface area is 118 Å². The van der Waals surface area contributed by atoms with E-state index in [1.165, 1.54) is 41.9 Å². The normalized spacial score (nSPS) is 17.9. The van der Waals surface area contributed by atoms with Crippen LogP contribution in [0.15, 0.2) is 22.7 Å². The lowest BCUT2D eigenvalue weighted by molar-refractivity contribution is 0.158. The van der Waals surface area contributed by atoms with Crippen molar-refractivity contribution in [1.29, 1.82) is 0 Å². The number of aryl methyl sites for hydroxylation is 1. The maximum Gasteiger partial charge on any atom is 0.0352 e. The third-order valence-corrected chi connectivity index (χ3v) is 4.38. The number of hydrogen-bond donors (Lipinski definition) is 1. The van der Waals surface area contributed by atoms with Gasteiger partial charge in [0.2, 0.25) is 0 Å². The minimum atomic E-state index is 1.01. The lowest BCUT2D eigenvalue weighted by Gasteiger charge is -2.32. The Morgan fingerprint density at radius 3 is 2.61 bits per heavy atom. The molecule has 0 aliphatic carbocycles. The van der Waals surface area contributed by atoms with Crippen molar-refractivity contribution in [3.8, 4) is 0 Å². The molecule has 1 saturated heterocycles. The van der Waals surface area contributed by atoms with Gasteiger partial charge < -0.3 is 10.2 Å². The highest BCUT2D eigenvalue weighted by atomic mass is 79.9. The van der Waals surface area contributed by atoms with Gasteiger partial charge in [0.1, 0.15) is 0 Å². The van der Waals surface area contributed by atoms with Crippen LogP contribution in [-0.4, -0.2) is 56.1 Å². The number of halogens is 1. The van der Waals surface area contributed by atoms with Gasteiger partial charge in [-0.15, -0.1) is 0 Å². The van der Waals surface area contributed by atoms with Crippen LogP contribution >= 0.6 is 15.9 Å². The van der Waals surface area contributed by atoms with Gasteiger partial charge in [0.05, 0.1) is 0 Å². The van der Waals surface area contributed by atoms with E-state index in [4.69, 9.17) is 0 Å². The highest BCUT2D eigenvalue weighted by molar-refractivity contribution is 9.10. The zero-order valence-corrected chi connectivity index (χ0v) is 12.8. The molecule has 0 atom stereocenters. The third kappa shape index (κ3) is 3.97. The van der Waals surface area contributed by atoms with Crippen molar-refractivity contribution in [2.75, 3.05) is 51.6 Å². The van der Waals surface area contributed by atoms with E-state index in [1.807, 2.05) is 0 Å². The summed E-state index contributed by atoms with van der Waals surface area (Å²) in [6, 6.07) is 6.44. The van der Waals surface area contributed by atoms with Crippen LogP contribution in [0.5, 0.6) is 0 Å². The SMILES string of the molecule is Cc1ccc(NCCN2CCN(C)CC2)cc1Br. The van der Waals surface area contributed by atoms with Gasteiger partial charge in [0.25, 0.3) is 0 Å². The number of rotatable bonds is 4. The molecule has 0 spiro atoms.